The molecule has 0 saturated heterocycles. The minimum Gasteiger partial charge on any atom is -0.386 e. The first kappa shape index (κ1) is 27.7. The smallest absolute Gasteiger partial charge is 0.241 e. The number of hydrogen-bond donors (Lipinski definition) is 3. The normalized spacial score (nSPS) is 14.7. The Labute approximate surface area is 223 Å². The van der Waals surface area contributed by atoms with E-state index in [9.17, 15) is 23.1 Å². The van der Waals surface area contributed by atoms with E-state index in [2.05, 4.69) is 10.0 Å². The minimum absolute atomic E-state index is 0.0146. The van der Waals surface area contributed by atoms with E-state index in [4.69, 9.17) is 0 Å². The average molecular weight is 535 g/mol. The van der Waals surface area contributed by atoms with E-state index in [1.807, 2.05) is 64.1 Å². The monoisotopic (exact) mass is 534 g/mol. The van der Waals surface area contributed by atoms with Gasteiger partial charge in [-0.25, -0.2) is 8.42 Å². The zero-order valence-corrected chi connectivity index (χ0v) is 22.8. The molecule has 8 heteroatoms. The molecule has 0 unspecified atom stereocenters. The van der Waals surface area contributed by atoms with E-state index < -0.39 is 34.1 Å². The fourth-order valence-corrected chi connectivity index (χ4v) is 6.21. The lowest BCUT2D eigenvalue weighted by Gasteiger charge is -2.29. The van der Waals surface area contributed by atoms with Crippen LogP contribution in [0.25, 0.3) is 21.9 Å². The summed E-state index contributed by atoms with van der Waals surface area (Å²) in [4.78, 5) is 26.2. The molecule has 4 aromatic rings. The number of aliphatic hydroxyl groups excluding tert-OH is 1. The summed E-state index contributed by atoms with van der Waals surface area (Å²) in [6, 6.07) is 19.4. The van der Waals surface area contributed by atoms with Crippen molar-refractivity contribution in [3.8, 4) is 11.1 Å². The topological polar surface area (TPSA) is 113 Å². The van der Waals surface area contributed by atoms with Gasteiger partial charge in [-0.3, -0.25) is 9.59 Å². The highest BCUT2D eigenvalue weighted by atomic mass is 32.2. The predicted molar refractivity (Wildman–Crippen MR) is 150 cm³/mol. The minimum atomic E-state index is -4.05. The van der Waals surface area contributed by atoms with Crippen molar-refractivity contribution in [2.24, 2.45) is 11.8 Å². The van der Waals surface area contributed by atoms with Crippen LogP contribution in [0, 0.1) is 11.8 Å². The molecule has 0 aliphatic carbocycles. The van der Waals surface area contributed by atoms with Crippen molar-refractivity contribution in [3.05, 3.63) is 88.6 Å². The maximum Gasteiger partial charge on any atom is 0.241 e. The molecular formula is C30H34N2O5S. The number of sulfonamides is 1. The Balaban J connectivity index is 1.58. The summed E-state index contributed by atoms with van der Waals surface area (Å²) in [6.45, 7) is 7.48. The van der Waals surface area contributed by atoms with E-state index in [0.717, 1.165) is 10.9 Å². The summed E-state index contributed by atoms with van der Waals surface area (Å²) in [7, 11) is -4.05. The third kappa shape index (κ3) is 5.88. The second kappa shape index (κ2) is 11.2. The van der Waals surface area contributed by atoms with E-state index in [1.165, 1.54) is 6.07 Å². The van der Waals surface area contributed by atoms with Gasteiger partial charge in [0.2, 0.25) is 15.9 Å². The molecule has 0 aromatic heterocycles. The molecular weight excluding hydrogens is 500 g/mol. The molecule has 3 atom stereocenters. The largest absolute Gasteiger partial charge is 0.386 e. The summed E-state index contributed by atoms with van der Waals surface area (Å²) < 4.78 is 29.5. The van der Waals surface area contributed by atoms with Gasteiger partial charge in [-0.2, -0.15) is 4.72 Å². The van der Waals surface area contributed by atoms with Crippen LogP contribution in [-0.4, -0.2) is 31.5 Å². The number of fused-ring (bicyclic) bond motifs is 1. The van der Waals surface area contributed by atoms with Crippen molar-refractivity contribution in [1.82, 2.24) is 10.0 Å². The molecule has 4 rings (SSSR count). The first-order chi connectivity index (χ1) is 18.0. The predicted octanol–water partition coefficient (Wildman–Crippen LogP) is 4.31. The lowest BCUT2D eigenvalue weighted by molar-refractivity contribution is -0.125. The fraction of sp³-hybridized carbons (Fsp3) is 0.333. The Hall–Kier alpha value is -3.33. The number of hydrogen-bond acceptors (Lipinski definition) is 5. The van der Waals surface area contributed by atoms with Crippen LogP contribution < -0.4 is 15.5 Å². The molecule has 0 saturated carbocycles. The number of aliphatic hydroxyl groups is 1. The van der Waals surface area contributed by atoms with Crippen molar-refractivity contribution in [2.75, 3.05) is 0 Å². The summed E-state index contributed by atoms with van der Waals surface area (Å²) in [5.41, 5.74) is 1.25. The fourth-order valence-electron chi connectivity index (χ4n) is 4.77. The molecule has 3 N–H and O–H groups in total. The van der Waals surface area contributed by atoms with Crippen LogP contribution in [0.2, 0.25) is 0 Å². The standard InChI is InChI=1S/C30H34N2O5S/c1-18(2)17-23(32-38(36,37)24-16-10-14-20-11-8-9-15-22(20)24)30(35)31-27(19(3)4)29(34)26-25(28(26)33)21-12-6-5-7-13-21/h5-16,18-19,23,27,29,32,34H,17H2,1-4H3,(H,31,35)/t23-,27-,29-/m0/s1. The van der Waals surface area contributed by atoms with Crippen LogP contribution in [0.1, 0.15) is 45.8 Å². The third-order valence-corrected chi connectivity index (χ3v) is 8.29. The van der Waals surface area contributed by atoms with Crippen molar-refractivity contribution in [3.63, 3.8) is 0 Å². The summed E-state index contributed by atoms with van der Waals surface area (Å²) >= 11 is 0. The van der Waals surface area contributed by atoms with Gasteiger partial charge >= 0.3 is 0 Å². The molecule has 0 heterocycles. The summed E-state index contributed by atoms with van der Waals surface area (Å²) in [5.74, 6) is -0.753. The van der Waals surface area contributed by atoms with Gasteiger partial charge in [0.05, 0.1) is 10.9 Å². The maximum atomic E-state index is 13.5. The quantitative estimate of drug-likeness (QED) is 0.265. The summed E-state index contributed by atoms with van der Waals surface area (Å²) in [5, 5.41) is 15.3. The van der Waals surface area contributed by atoms with Gasteiger partial charge in [0.15, 0.2) is 5.43 Å². The SMILES string of the molecule is CC(C)C[C@H](NS(=O)(=O)c1cccc2ccccc12)C(=O)N[C@@H](C(C)C)[C@@H](O)c1c(-c2ccccc2)c1=O. The Morgan fingerprint density at radius 3 is 2.18 bits per heavy atom. The molecule has 7 nitrogen and oxygen atoms in total. The maximum absolute atomic E-state index is 13.5. The first-order valence-corrected chi connectivity index (χ1v) is 14.3. The summed E-state index contributed by atoms with van der Waals surface area (Å²) in [6.07, 6.45) is -0.954. The van der Waals surface area contributed by atoms with Crippen molar-refractivity contribution in [1.29, 1.82) is 0 Å². The Kier molecular flexibility index (Phi) is 8.16. The van der Waals surface area contributed by atoms with Gasteiger partial charge in [0.25, 0.3) is 0 Å². The lowest BCUT2D eigenvalue weighted by atomic mass is 9.95. The molecule has 0 radical (unpaired) electrons. The van der Waals surface area contributed by atoms with E-state index in [1.54, 1.807) is 30.3 Å². The first-order valence-electron chi connectivity index (χ1n) is 12.8. The molecule has 0 aliphatic rings. The lowest BCUT2D eigenvalue weighted by Crippen LogP contribution is -2.52. The van der Waals surface area contributed by atoms with Crippen LogP contribution in [-0.2, 0) is 14.8 Å². The average Bonchev–Trinajstić information content (AvgIpc) is 3.56. The van der Waals surface area contributed by atoms with E-state index >= 15 is 0 Å². The van der Waals surface area contributed by atoms with Crippen molar-refractivity contribution in [2.45, 2.75) is 57.2 Å². The molecule has 0 fully saturated rings. The van der Waals surface area contributed by atoms with Crippen LogP contribution >= 0.6 is 0 Å². The van der Waals surface area contributed by atoms with Gasteiger partial charge in [0.1, 0.15) is 12.1 Å². The van der Waals surface area contributed by atoms with Gasteiger partial charge in [-0.15, -0.1) is 0 Å². The molecule has 0 bridgehead atoms. The highest BCUT2D eigenvalue weighted by Gasteiger charge is 2.38. The highest BCUT2D eigenvalue weighted by molar-refractivity contribution is 7.89. The molecule has 1 amide bonds. The second-order valence-electron chi connectivity index (χ2n) is 10.5. The number of benzene rings is 3. The molecule has 4 aromatic carbocycles. The third-order valence-electron chi connectivity index (χ3n) is 6.76. The van der Waals surface area contributed by atoms with Crippen LogP contribution in [0.15, 0.2) is 82.5 Å². The second-order valence-corrected chi connectivity index (χ2v) is 12.2. The zero-order valence-electron chi connectivity index (χ0n) is 22.0. The van der Waals surface area contributed by atoms with Gasteiger partial charge < -0.3 is 10.4 Å². The van der Waals surface area contributed by atoms with Gasteiger partial charge in [0, 0.05) is 16.5 Å². The van der Waals surface area contributed by atoms with Crippen molar-refractivity contribution >= 4 is 26.7 Å². The Bertz CT molecular complexity index is 1530. The molecule has 0 spiro atoms. The van der Waals surface area contributed by atoms with Crippen molar-refractivity contribution < 1.29 is 18.3 Å². The molecule has 200 valence electrons. The zero-order chi connectivity index (χ0) is 27.6. The Morgan fingerprint density at radius 1 is 0.895 bits per heavy atom. The van der Waals surface area contributed by atoms with Crippen LogP contribution in [0.3, 0.4) is 0 Å². The van der Waals surface area contributed by atoms with Crippen LogP contribution in [0.4, 0.5) is 0 Å². The molecule has 0 aliphatic heterocycles. The van der Waals surface area contributed by atoms with E-state index in [-0.39, 0.29) is 34.1 Å². The number of carbonyl (C=O) groups is 1. The van der Waals surface area contributed by atoms with Crippen LogP contribution in [0.5, 0.6) is 0 Å². The number of amides is 1. The highest BCUT2D eigenvalue weighted by Crippen LogP contribution is 2.33. The number of rotatable bonds is 11. The number of carbonyl (C=O) groups excluding carboxylic acids is 1. The molecule has 38 heavy (non-hydrogen) atoms. The van der Waals surface area contributed by atoms with Gasteiger partial charge in [-0.05, 0) is 35.3 Å². The number of nitrogens with one attached hydrogen (secondary N) is 2. The van der Waals surface area contributed by atoms with Gasteiger partial charge in [-0.1, -0.05) is 94.4 Å². The van der Waals surface area contributed by atoms with E-state index in [0.29, 0.717) is 10.9 Å². The Morgan fingerprint density at radius 2 is 1.53 bits per heavy atom.